The van der Waals surface area contributed by atoms with Crippen molar-refractivity contribution in [3.8, 4) is 5.75 Å². The number of hydrogen-bond acceptors (Lipinski definition) is 5. The van der Waals surface area contributed by atoms with Crippen LogP contribution < -0.4 is 10.2 Å². The first-order chi connectivity index (χ1) is 14.8. The number of rotatable bonds is 7. The number of pyridine rings is 1. The zero-order chi connectivity index (χ0) is 22.7. The molecule has 2 aromatic carbocycles. The van der Waals surface area contributed by atoms with E-state index < -0.39 is 51.4 Å². The molecule has 31 heavy (non-hydrogen) atoms. The van der Waals surface area contributed by atoms with E-state index in [4.69, 9.17) is 9.47 Å². The van der Waals surface area contributed by atoms with Crippen molar-refractivity contribution in [3.63, 3.8) is 0 Å². The van der Waals surface area contributed by atoms with Crippen LogP contribution in [0.5, 0.6) is 5.75 Å². The molecule has 0 spiro atoms. The summed E-state index contributed by atoms with van der Waals surface area (Å²) in [6.07, 6.45) is 0.998. The van der Waals surface area contributed by atoms with Gasteiger partial charge in [0.25, 0.3) is 0 Å². The second-order valence-electron chi connectivity index (χ2n) is 6.41. The number of halogens is 3. The molecule has 0 saturated carbocycles. The van der Waals surface area contributed by atoms with E-state index in [1.165, 1.54) is 38.3 Å². The van der Waals surface area contributed by atoms with Crippen LogP contribution in [0.3, 0.4) is 0 Å². The second-order valence-corrected chi connectivity index (χ2v) is 7.99. The summed E-state index contributed by atoms with van der Waals surface area (Å²) >= 11 is 0. The molecule has 0 amide bonds. The number of ether oxygens (including phenoxy) is 2. The molecule has 0 saturated heterocycles. The van der Waals surface area contributed by atoms with Crippen LogP contribution in [0.1, 0.15) is 17.3 Å². The molecule has 0 aliphatic rings. The number of carbonyl (C=O) groups is 1. The molecule has 3 rings (SSSR count). The van der Waals surface area contributed by atoms with Crippen LogP contribution in [0.2, 0.25) is 0 Å². The number of fused-ring (bicyclic) bond motifs is 1. The van der Waals surface area contributed by atoms with Crippen molar-refractivity contribution in [2.45, 2.75) is 23.9 Å². The van der Waals surface area contributed by atoms with Gasteiger partial charge in [0.2, 0.25) is 5.43 Å². The zero-order valence-corrected chi connectivity index (χ0v) is 17.4. The summed E-state index contributed by atoms with van der Waals surface area (Å²) < 4.78 is 66.0. The van der Waals surface area contributed by atoms with Crippen molar-refractivity contribution in [2.24, 2.45) is 0 Å². The minimum atomic E-state index is -2.12. The number of nitrogens with zero attached hydrogens (tertiary/aromatic N) is 1. The van der Waals surface area contributed by atoms with Gasteiger partial charge in [-0.1, -0.05) is 0 Å². The summed E-state index contributed by atoms with van der Waals surface area (Å²) in [4.78, 5) is 24.9. The van der Waals surface area contributed by atoms with Crippen LogP contribution in [0, 0.1) is 11.6 Å². The third kappa shape index (κ3) is 4.63. The molecule has 0 radical (unpaired) electrons. The van der Waals surface area contributed by atoms with Crippen molar-refractivity contribution in [2.75, 3.05) is 13.7 Å². The molecule has 2 atom stereocenters. The van der Waals surface area contributed by atoms with Crippen molar-refractivity contribution in [1.82, 2.24) is 4.57 Å². The normalized spacial score (nSPS) is 13.1. The van der Waals surface area contributed by atoms with E-state index in [1.807, 2.05) is 0 Å². The van der Waals surface area contributed by atoms with Gasteiger partial charge in [-0.05, 0) is 37.3 Å². The van der Waals surface area contributed by atoms with E-state index in [-0.39, 0.29) is 22.4 Å². The summed E-state index contributed by atoms with van der Waals surface area (Å²) in [6, 6.07) is 7.27. The highest BCUT2D eigenvalue weighted by atomic mass is 32.2. The fourth-order valence-electron chi connectivity index (χ4n) is 2.97. The van der Waals surface area contributed by atoms with Crippen molar-refractivity contribution < 1.29 is 31.6 Å². The Kier molecular flexibility index (Phi) is 6.79. The summed E-state index contributed by atoms with van der Waals surface area (Å²) in [5.41, 5.74) is -3.48. The smallest absolute Gasteiger partial charge is 0.343 e. The highest BCUT2D eigenvalue weighted by Crippen LogP contribution is 2.22. The Morgan fingerprint density at radius 1 is 1.16 bits per heavy atom. The summed E-state index contributed by atoms with van der Waals surface area (Å²) in [7, 11) is -0.670. The summed E-state index contributed by atoms with van der Waals surface area (Å²) in [5.74, 6) is -3.04. The molecule has 0 aliphatic carbocycles. The van der Waals surface area contributed by atoms with Gasteiger partial charge in [0.1, 0.15) is 11.3 Å². The fraction of sp³-hybridized carbons (Fsp3) is 0.238. The Morgan fingerprint density at radius 3 is 2.42 bits per heavy atom. The van der Waals surface area contributed by atoms with Crippen LogP contribution >= 0.6 is 0 Å². The lowest BCUT2D eigenvalue weighted by atomic mass is 10.1. The molecule has 1 heterocycles. The number of carbonyl (C=O) groups excluding carboxylic acids is 1. The SMILES string of the molecule is CCOC(=O)c1cn(CC(F)S(=O)c2ccc(OC)cc2)c2cc(F)c(F)cc2c1=O. The van der Waals surface area contributed by atoms with Crippen LogP contribution in [-0.4, -0.2) is 34.0 Å². The predicted octanol–water partition coefficient (Wildman–Crippen LogP) is 3.57. The first kappa shape index (κ1) is 22.5. The minimum Gasteiger partial charge on any atom is -0.497 e. The topological polar surface area (TPSA) is 74.6 Å². The molecule has 0 fully saturated rings. The van der Waals surface area contributed by atoms with E-state index in [0.717, 1.165) is 16.8 Å². The Morgan fingerprint density at radius 2 is 1.81 bits per heavy atom. The Labute approximate surface area is 177 Å². The molecular formula is C21H18F3NO5S. The summed E-state index contributed by atoms with van der Waals surface area (Å²) in [5, 5.41) is -0.327. The molecule has 0 aliphatic heterocycles. The monoisotopic (exact) mass is 453 g/mol. The van der Waals surface area contributed by atoms with Gasteiger partial charge in [0, 0.05) is 22.5 Å². The molecule has 0 bridgehead atoms. The van der Waals surface area contributed by atoms with Crippen LogP contribution in [0.15, 0.2) is 52.3 Å². The highest BCUT2D eigenvalue weighted by Gasteiger charge is 2.23. The van der Waals surface area contributed by atoms with Gasteiger partial charge in [-0.3, -0.25) is 9.00 Å². The zero-order valence-electron chi connectivity index (χ0n) is 16.6. The number of hydrogen-bond donors (Lipinski definition) is 0. The Bertz CT molecular complexity index is 1210. The van der Waals surface area contributed by atoms with E-state index in [1.54, 1.807) is 0 Å². The van der Waals surface area contributed by atoms with E-state index >= 15 is 0 Å². The maximum Gasteiger partial charge on any atom is 0.343 e. The quantitative estimate of drug-likeness (QED) is 0.512. The van der Waals surface area contributed by atoms with Gasteiger partial charge in [0.15, 0.2) is 17.1 Å². The van der Waals surface area contributed by atoms with Crippen LogP contribution in [0.25, 0.3) is 10.9 Å². The molecule has 2 unspecified atom stereocenters. The maximum absolute atomic E-state index is 14.9. The molecule has 10 heteroatoms. The largest absolute Gasteiger partial charge is 0.497 e. The average Bonchev–Trinajstić information content (AvgIpc) is 2.76. The molecule has 1 aromatic heterocycles. The van der Waals surface area contributed by atoms with Gasteiger partial charge in [0.05, 0.1) is 36.6 Å². The Hall–Kier alpha value is -3.14. The molecular weight excluding hydrogens is 435 g/mol. The predicted molar refractivity (Wildman–Crippen MR) is 108 cm³/mol. The summed E-state index contributed by atoms with van der Waals surface area (Å²) in [6.45, 7) is 0.913. The standard InChI is InChI=1S/C21H18F3NO5S/c1-3-30-21(27)15-10-25(18-9-17(23)16(22)8-14(18)20(15)26)11-19(24)31(28)13-6-4-12(29-2)5-7-13/h4-10,19H,3,11H2,1-2H3. The van der Waals surface area contributed by atoms with Crippen molar-refractivity contribution in [3.05, 3.63) is 70.0 Å². The van der Waals surface area contributed by atoms with E-state index in [0.29, 0.717) is 11.8 Å². The van der Waals surface area contributed by atoms with Crippen LogP contribution in [0.4, 0.5) is 13.2 Å². The van der Waals surface area contributed by atoms with E-state index in [9.17, 15) is 27.0 Å². The third-order valence-electron chi connectivity index (χ3n) is 4.48. The molecule has 6 nitrogen and oxygen atoms in total. The Balaban J connectivity index is 2.05. The first-order valence-electron chi connectivity index (χ1n) is 9.14. The molecule has 164 valence electrons. The average molecular weight is 453 g/mol. The van der Waals surface area contributed by atoms with E-state index in [2.05, 4.69) is 0 Å². The molecule has 0 N–H and O–H groups in total. The third-order valence-corrected chi connectivity index (χ3v) is 5.83. The van der Waals surface area contributed by atoms with Gasteiger partial charge in [-0.25, -0.2) is 18.0 Å². The van der Waals surface area contributed by atoms with Crippen molar-refractivity contribution in [1.29, 1.82) is 0 Å². The van der Waals surface area contributed by atoms with Gasteiger partial charge in [-0.2, -0.15) is 0 Å². The van der Waals surface area contributed by atoms with Crippen molar-refractivity contribution >= 4 is 27.7 Å². The lowest BCUT2D eigenvalue weighted by Crippen LogP contribution is -2.24. The number of benzene rings is 2. The fourth-order valence-corrected chi connectivity index (χ4v) is 3.97. The van der Waals surface area contributed by atoms with Gasteiger partial charge in [-0.15, -0.1) is 0 Å². The highest BCUT2D eigenvalue weighted by molar-refractivity contribution is 7.85. The lowest BCUT2D eigenvalue weighted by Gasteiger charge is -2.16. The number of esters is 1. The minimum absolute atomic E-state index is 0.0265. The lowest BCUT2D eigenvalue weighted by molar-refractivity contribution is 0.0524. The number of methoxy groups -OCH3 is 1. The number of aromatic nitrogens is 1. The van der Waals surface area contributed by atoms with Crippen LogP contribution in [-0.2, 0) is 22.1 Å². The second kappa shape index (κ2) is 9.34. The van der Waals surface area contributed by atoms with Gasteiger partial charge < -0.3 is 14.0 Å². The maximum atomic E-state index is 14.9. The first-order valence-corrected chi connectivity index (χ1v) is 10.4. The number of alkyl halides is 1. The van der Waals surface area contributed by atoms with Gasteiger partial charge >= 0.3 is 5.97 Å². The molecule has 3 aromatic rings.